The second kappa shape index (κ2) is 10.8. The summed E-state index contributed by atoms with van der Waals surface area (Å²) in [6, 6.07) is 4.67. The van der Waals surface area contributed by atoms with E-state index in [9.17, 15) is 18.0 Å². The van der Waals surface area contributed by atoms with Crippen molar-refractivity contribution in [2.45, 2.75) is 57.9 Å². The summed E-state index contributed by atoms with van der Waals surface area (Å²) in [6.45, 7) is 11.6. The predicted molar refractivity (Wildman–Crippen MR) is 138 cm³/mol. The highest BCUT2D eigenvalue weighted by molar-refractivity contribution is 7.89. The van der Waals surface area contributed by atoms with Gasteiger partial charge in [0.05, 0.1) is 10.4 Å². The van der Waals surface area contributed by atoms with Gasteiger partial charge in [-0.1, -0.05) is 13.8 Å². The number of nitrogens with zero attached hydrogens (tertiary/aromatic N) is 3. The average molecular weight is 503 g/mol. The summed E-state index contributed by atoms with van der Waals surface area (Å²) in [5.41, 5.74) is 0.248. The van der Waals surface area contributed by atoms with Crippen LogP contribution in [0.25, 0.3) is 10.9 Å². The number of piperidine rings is 1. The van der Waals surface area contributed by atoms with Gasteiger partial charge < -0.3 is 14.8 Å². The number of hydrogen-bond donors (Lipinski definition) is 1. The van der Waals surface area contributed by atoms with E-state index in [0.717, 1.165) is 38.9 Å². The van der Waals surface area contributed by atoms with Crippen LogP contribution in [0, 0.1) is 11.8 Å². The first-order valence-electron chi connectivity index (χ1n) is 12.9. The third kappa shape index (κ3) is 5.62. The molecule has 2 aliphatic rings. The molecule has 0 radical (unpaired) electrons. The van der Waals surface area contributed by atoms with Gasteiger partial charge in [0.25, 0.3) is 5.91 Å². The van der Waals surface area contributed by atoms with Gasteiger partial charge in [0.15, 0.2) is 0 Å². The van der Waals surface area contributed by atoms with Crippen molar-refractivity contribution in [3.8, 4) is 0 Å². The fraction of sp³-hybridized carbons (Fsp3) is 0.615. The molecule has 35 heavy (non-hydrogen) atoms. The summed E-state index contributed by atoms with van der Waals surface area (Å²) < 4.78 is 29.4. The number of benzene rings is 1. The number of aromatic nitrogens is 1. The Kier molecular flexibility index (Phi) is 7.98. The molecule has 2 aromatic rings. The molecule has 0 bridgehead atoms. The van der Waals surface area contributed by atoms with Gasteiger partial charge >= 0.3 is 0 Å². The molecule has 0 saturated carbocycles. The normalized spacial score (nSPS) is 22.0. The SMILES string of the molecule is CCn1cc(C(=O)NCCCN2C[C@@H](C)C[C@H](C)C2)c(=O)c2cc(S(=O)(=O)N3CCCC3)ccc21. The summed E-state index contributed by atoms with van der Waals surface area (Å²) >= 11 is 0. The molecular weight excluding hydrogens is 464 g/mol. The van der Waals surface area contributed by atoms with Gasteiger partial charge in [0.2, 0.25) is 15.5 Å². The van der Waals surface area contributed by atoms with Gasteiger partial charge in [-0.05, 0) is 69.2 Å². The fourth-order valence-electron chi connectivity index (χ4n) is 5.61. The van der Waals surface area contributed by atoms with Gasteiger partial charge in [0, 0.05) is 50.9 Å². The van der Waals surface area contributed by atoms with Crippen LogP contribution in [0.1, 0.15) is 56.8 Å². The summed E-state index contributed by atoms with van der Waals surface area (Å²) in [6.07, 6.45) is 5.35. The maximum Gasteiger partial charge on any atom is 0.256 e. The van der Waals surface area contributed by atoms with Crippen LogP contribution in [0.3, 0.4) is 0 Å². The van der Waals surface area contributed by atoms with Crippen molar-refractivity contribution in [3.05, 3.63) is 40.2 Å². The Morgan fingerprint density at radius 2 is 1.80 bits per heavy atom. The number of aryl methyl sites for hydroxylation is 1. The molecule has 1 aromatic carbocycles. The lowest BCUT2D eigenvalue weighted by molar-refractivity contribution is 0.0945. The fourth-order valence-corrected chi connectivity index (χ4v) is 7.16. The van der Waals surface area contributed by atoms with Crippen LogP contribution in [0.15, 0.2) is 34.1 Å². The first-order valence-corrected chi connectivity index (χ1v) is 14.3. The smallest absolute Gasteiger partial charge is 0.256 e. The summed E-state index contributed by atoms with van der Waals surface area (Å²) in [4.78, 5) is 28.8. The monoisotopic (exact) mass is 502 g/mol. The molecule has 0 aliphatic carbocycles. The highest BCUT2D eigenvalue weighted by Crippen LogP contribution is 2.24. The topological polar surface area (TPSA) is 91.7 Å². The minimum Gasteiger partial charge on any atom is -0.352 e. The van der Waals surface area contributed by atoms with Gasteiger partial charge in [0.1, 0.15) is 5.56 Å². The van der Waals surface area contributed by atoms with Crippen LogP contribution in [-0.4, -0.2) is 67.4 Å². The van der Waals surface area contributed by atoms with E-state index in [2.05, 4.69) is 24.1 Å². The zero-order valence-corrected chi connectivity index (χ0v) is 21.9. The number of nitrogens with one attached hydrogen (secondary N) is 1. The second-order valence-corrected chi connectivity index (χ2v) is 12.2. The molecule has 192 valence electrons. The number of amides is 1. The molecule has 2 atom stereocenters. The van der Waals surface area contributed by atoms with Gasteiger partial charge in [-0.3, -0.25) is 9.59 Å². The lowest BCUT2D eigenvalue weighted by Gasteiger charge is -2.34. The van der Waals surface area contributed by atoms with Crippen molar-refractivity contribution in [3.63, 3.8) is 0 Å². The largest absolute Gasteiger partial charge is 0.352 e. The highest BCUT2D eigenvalue weighted by Gasteiger charge is 2.28. The van der Waals surface area contributed by atoms with Crippen LogP contribution in [-0.2, 0) is 16.6 Å². The molecule has 3 heterocycles. The van der Waals surface area contributed by atoms with Crippen LogP contribution in [0.4, 0.5) is 0 Å². The summed E-state index contributed by atoms with van der Waals surface area (Å²) in [7, 11) is -3.66. The number of carbonyl (C=O) groups is 1. The Bertz CT molecular complexity index is 1220. The lowest BCUT2D eigenvalue weighted by atomic mass is 9.92. The van der Waals surface area contributed by atoms with Gasteiger partial charge in [-0.15, -0.1) is 0 Å². The van der Waals surface area contributed by atoms with E-state index >= 15 is 0 Å². The summed E-state index contributed by atoms with van der Waals surface area (Å²) in [5.74, 6) is 0.975. The molecule has 1 amide bonds. The van der Waals surface area contributed by atoms with Crippen LogP contribution in [0.5, 0.6) is 0 Å². The Balaban J connectivity index is 1.51. The highest BCUT2D eigenvalue weighted by atomic mass is 32.2. The Morgan fingerprint density at radius 3 is 2.46 bits per heavy atom. The maximum absolute atomic E-state index is 13.3. The predicted octanol–water partition coefficient (Wildman–Crippen LogP) is 2.90. The zero-order valence-electron chi connectivity index (χ0n) is 21.1. The van der Waals surface area contributed by atoms with Gasteiger partial charge in [-0.2, -0.15) is 4.31 Å². The molecule has 2 aliphatic heterocycles. The molecule has 4 rings (SSSR count). The van der Waals surface area contributed by atoms with Crippen molar-refractivity contribution in [1.29, 1.82) is 0 Å². The minimum atomic E-state index is -3.66. The van der Waals surface area contributed by atoms with Crippen LogP contribution >= 0.6 is 0 Å². The number of likely N-dealkylation sites (tertiary alicyclic amines) is 1. The van der Waals surface area contributed by atoms with Crippen LogP contribution < -0.4 is 10.7 Å². The minimum absolute atomic E-state index is 0.0512. The standard InChI is InChI=1S/C26H38N4O4S/c1-4-29-18-23(26(32)27-10-7-11-28-16-19(2)14-20(3)17-28)25(31)22-15-21(8-9-24(22)29)35(33,34)30-12-5-6-13-30/h8-9,15,18-20H,4-7,10-14,16-17H2,1-3H3,(H,27,32)/t19-,20-/m0/s1. The number of sulfonamides is 1. The number of fused-ring (bicyclic) bond motifs is 1. The molecule has 0 unspecified atom stereocenters. The zero-order chi connectivity index (χ0) is 25.2. The Labute approximate surface area is 208 Å². The van der Waals surface area contributed by atoms with Crippen molar-refractivity contribution < 1.29 is 13.2 Å². The van der Waals surface area contributed by atoms with Crippen molar-refractivity contribution in [2.24, 2.45) is 11.8 Å². The third-order valence-corrected chi connectivity index (χ3v) is 9.12. The molecule has 8 nitrogen and oxygen atoms in total. The number of pyridine rings is 1. The number of rotatable bonds is 8. The van der Waals surface area contributed by atoms with E-state index in [1.165, 1.54) is 16.8 Å². The molecule has 1 aromatic heterocycles. The summed E-state index contributed by atoms with van der Waals surface area (Å²) in [5, 5.41) is 3.16. The molecular formula is C26H38N4O4S. The third-order valence-electron chi connectivity index (χ3n) is 7.22. The van der Waals surface area contributed by atoms with Crippen molar-refractivity contribution >= 4 is 26.8 Å². The van der Waals surface area contributed by atoms with Gasteiger partial charge in [-0.25, -0.2) is 8.42 Å². The Hall–Kier alpha value is -2.23. The molecule has 2 fully saturated rings. The first kappa shape index (κ1) is 25.9. The number of carbonyl (C=O) groups excluding carboxylic acids is 1. The van der Waals surface area contributed by atoms with E-state index in [1.807, 2.05) is 11.5 Å². The Morgan fingerprint density at radius 1 is 1.11 bits per heavy atom. The lowest BCUT2D eigenvalue weighted by Crippen LogP contribution is -2.40. The first-order chi connectivity index (χ1) is 16.7. The van der Waals surface area contributed by atoms with Crippen molar-refractivity contribution in [1.82, 2.24) is 19.1 Å². The van der Waals surface area contributed by atoms with Crippen LogP contribution in [0.2, 0.25) is 0 Å². The van der Waals surface area contributed by atoms with E-state index < -0.39 is 21.4 Å². The quantitative estimate of drug-likeness (QED) is 0.561. The average Bonchev–Trinajstić information content (AvgIpc) is 3.37. The molecule has 1 N–H and O–H groups in total. The van der Waals surface area contributed by atoms with E-state index in [4.69, 9.17) is 0 Å². The maximum atomic E-state index is 13.3. The van der Waals surface area contributed by atoms with E-state index in [1.54, 1.807) is 18.3 Å². The van der Waals surface area contributed by atoms with Crippen molar-refractivity contribution in [2.75, 3.05) is 39.3 Å². The molecule has 2 saturated heterocycles. The molecule has 0 spiro atoms. The molecule has 9 heteroatoms. The van der Waals surface area contributed by atoms with E-state index in [0.29, 0.717) is 43.5 Å². The van der Waals surface area contributed by atoms with E-state index in [-0.39, 0.29) is 15.8 Å². The second-order valence-electron chi connectivity index (χ2n) is 10.3. The number of hydrogen-bond acceptors (Lipinski definition) is 5.